The number of aromatic amines is 1. The summed E-state index contributed by atoms with van der Waals surface area (Å²) in [5.74, 6) is 0.468. The summed E-state index contributed by atoms with van der Waals surface area (Å²) in [5, 5.41) is 1.22. The zero-order chi connectivity index (χ0) is 12.1. The van der Waals surface area contributed by atoms with Crippen LogP contribution in [-0.2, 0) is 6.42 Å². The first-order chi connectivity index (χ1) is 8.81. The second-order valence-electron chi connectivity index (χ2n) is 5.60. The quantitative estimate of drug-likeness (QED) is 0.754. The fraction of sp³-hybridized carbons (Fsp3) is 0.467. The number of aromatic nitrogens is 1. The van der Waals surface area contributed by atoms with E-state index in [1.54, 1.807) is 12.1 Å². The van der Waals surface area contributed by atoms with Crippen molar-refractivity contribution in [2.45, 2.75) is 25.2 Å². The zero-order valence-electron chi connectivity index (χ0n) is 10.4. The van der Waals surface area contributed by atoms with Crippen molar-refractivity contribution in [3.05, 3.63) is 35.3 Å². The molecule has 94 valence electrons. The molecule has 2 nitrogen and oxygen atoms in total. The van der Waals surface area contributed by atoms with Gasteiger partial charge in [-0.25, -0.2) is 4.39 Å². The highest BCUT2D eigenvalue weighted by molar-refractivity contribution is 5.85. The van der Waals surface area contributed by atoms with Crippen molar-refractivity contribution in [3.8, 4) is 0 Å². The van der Waals surface area contributed by atoms with Crippen LogP contribution in [0.5, 0.6) is 0 Å². The van der Waals surface area contributed by atoms with Crippen LogP contribution in [0, 0.1) is 5.82 Å². The fourth-order valence-electron chi connectivity index (χ4n) is 3.63. The Hall–Kier alpha value is -1.35. The highest BCUT2D eigenvalue weighted by atomic mass is 19.1. The van der Waals surface area contributed by atoms with E-state index in [1.165, 1.54) is 42.6 Å². The van der Waals surface area contributed by atoms with Crippen LogP contribution in [-0.4, -0.2) is 29.5 Å². The highest BCUT2D eigenvalue weighted by Gasteiger charge is 2.28. The van der Waals surface area contributed by atoms with Gasteiger partial charge in [0.2, 0.25) is 0 Å². The molecular weight excluding hydrogens is 227 g/mol. The Kier molecular flexibility index (Phi) is 2.24. The standard InChI is InChI=1S/C15H17FN2/c16-11-3-4-12-13-5-7-18-6-1-2-10(9-18)15(13)17-14(12)8-11/h3-4,8,10,17H,1-2,5-7,9H2. The minimum absolute atomic E-state index is 0.149. The molecule has 2 aliphatic rings. The molecule has 4 rings (SSSR count). The number of halogens is 1. The molecule has 2 aliphatic heterocycles. The van der Waals surface area contributed by atoms with Gasteiger partial charge in [0.1, 0.15) is 5.82 Å². The number of H-pyrrole nitrogens is 1. The molecule has 1 saturated heterocycles. The Morgan fingerprint density at radius 1 is 1.28 bits per heavy atom. The van der Waals surface area contributed by atoms with Gasteiger partial charge in [0.15, 0.2) is 0 Å². The molecule has 0 spiro atoms. The van der Waals surface area contributed by atoms with E-state index in [4.69, 9.17) is 0 Å². The minimum Gasteiger partial charge on any atom is -0.358 e. The third-order valence-corrected chi connectivity index (χ3v) is 4.49. The van der Waals surface area contributed by atoms with Crippen LogP contribution in [0.3, 0.4) is 0 Å². The lowest BCUT2D eigenvalue weighted by Gasteiger charge is -2.29. The number of hydrogen-bond acceptors (Lipinski definition) is 1. The largest absolute Gasteiger partial charge is 0.358 e. The number of benzene rings is 1. The second kappa shape index (κ2) is 3.82. The molecule has 0 saturated carbocycles. The van der Waals surface area contributed by atoms with Crippen molar-refractivity contribution in [1.82, 2.24) is 9.88 Å². The molecule has 0 aliphatic carbocycles. The van der Waals surface area contributed by atoms with Crippen LogP contribution in [0.15, 0.2) is 18.2 Å². The number of piperidine rings is 1. The van der Waals surface area contributed by atoms with E-state index in [0.717, 1.165) is 18.5 Å². The second-order valence-corrected chi connectivity index (χ2v) is 5.60. The Bertz CT molecular complexity index is 602. The lowest BCUT2D eigenvalue weighted by molar-refractivity contribution is 0.217. The monoisotopic (exact) mass is 244 g/mol. The van der Waals surface area contributed by atoms with Crippen molar-refractivity contribution >= 4 is 10.9 Å². The lowest BCUT2D eigenvalue weighted by atomic mass is 9.93. The average Bonchev–Trinajstić information content (AvgIpc) is 2.69. The molecule has 18 heavy (non-hydrogen) atoms. The van der Waals surface area contributed by atoms with E-state index in [2.05, 4.69) is 9.88 Å². The minimum atomic E-state index is -0.149. The fourth-order valence-corrected chi connectivity index (χ4v) is 3.63. The van der Waals surface area contributed by atoms with Crippen molar-refractivity contribution in [3.63, 3.8) is 0 Å². The average molecular weight is 244 g/mol. The predicted molar refractivity (Wildman–Crippen MR) is 70.4 cm³/mol. The van der Waals surface area contributed by atoms with Gasteiger partial charge in [0.25, 0.3) is 0 Å². The molecule has 2 atom stereocenters. The third kappa shape index (κ3) is 1.50. The van der Waals surface area contributed by atoms with Crippen LogP contribution in [0.2, 0.25) is 0 Å². The number of hydrogen-bond donors (Lipinski definition) is 1. The maximum absolute atomic E-state index is 13.3. The van der Waals surface area contributed by atoms with E-state index < -0.39 is 0 Å². The topological polar surface area (TPSA) is 19.0 Å². The van der Waals surface area contributed by atoms with Crippen molar-refractivity contribution in [2.75, 3.05) is 19.6 Å². The zero-order valence-corrected chi connectivity index (χ0v) is 10.4. The summed E-state index contributed by atoms with van der Waals surface area (Å²) in [5.41, 5.74) is 3.77. The maximum Gasteiger partial charge on any atom is 0.125 e. The first-order valence-corrected chi connectivity index (χ1v) is 6.83. The maximum atomic E-state index is 13.3. The first kappa shape index (κ1) is 10.6. The van der Waals surface area contributed by atoms with Gasteiger partial charge in [0, 0.05) is 35.6 Å². The molecule has 0 amide bonds. The Balaban J connectivity index is 1.91. The van der Waals surface area contributed by atoms with Gasteiger partial charge in [-0.1, -0.05) is 0 Å². The van der Waals surface area contributed by atoms with Crippen LogP contribution >= 0.6 is 0 Å². The van der Waals surface area contributed by atoms with Gasteiger partial charge in [-0.3, -0.25) is 0 Å². The number of rotatable bonds is 0. The summed E-state index contributed by atoms with van der Waals surface area (Å²) >= 11 is 0. The lowest BCUT2D eigenvalue weighted by Crippen LogP contribution is -2.33. The summed E-state index contributed by atoms with van der Waals surface area (Å²) in [6.45, 7) is 3.56. The van der Waals surface area contributed by atoms with E-state index in [-0.39, 0.29) is 5.82 Å². The van der Waals surface area contributed by atoms with Crippen molar-refractivity contribution < 1.29 is 4.39 Å². The summed E-state index contributed by atoms with van der Waals surface area (Å²) in [7, 11) is 0. The van der Waals surface area contributed by atoms with Crippen molar-refractivity contribution in [2.24, 2.45) is 0 Å². The van der Waals surface area contributed by atoms with Crippen LogP contribution in [0.4, 0.5) is 4.39 Å². The normalized spacial score (nSPS) is 26.9. The van der Waals surface area contributed by atoms with Crippen LogP contribution in [0.25, 0.3) is 10.9 Å². The highest BCUT2D eigenvalue weighted by Crippen LogP contribution is 2.36. The number of fused-ring (bicyclic) bond motifs is 6. The van der Waals surface area contributed by atoms with Gasteiger partial charge >= 0.3 is 0 Å². The smallest absolute Gasteiger partial charge is 0.125 e. The van der Waals surface area contributed by atoms with Gasteiger partial charge in [-0.05, 0) is 49.6 Å². The summed E-state index contributed by atoms with van der Waals surface area (Å²) in [4.78, 5) is 6.05. The van der Waals surface area contributed by atoms with Crippen molar-refractivity contribution in [1.29, 1.82) is 0 Å². The molecule has 1 aromatic carbocycles. The number of nitrogens with zero attached hydrogens (tertiary/aromatic N) is 1. The Morgan fingerprint density at radius 2 is 2.22 bits per heavy atom. The summed E-state index contributed by atoms with van der Waals surface area (Å²) in [6.07, 6.45) is 3.64. The molecule has 1 fully saturated rings. The SMILES string of the molecule is Fc1ccc2c3c([nH]c2c1)C1CCCN(CC3)C1. The molecule has 2 bridgehead atoms. The van der Waals surface area contributed by atoms with E-state index in [0.29, 0.717) is 5.92 Å². The first-order valence-electron chi connectivity index (χ1n) is 6.83. The van der Waals surface area contributed by atoms with Gasteiger partial charge in [-0.15, -0.1) is 0 Å². The van der Waals surface area contributed by atoms with Gasteiger partial charge in [-0.2, -0.15) is 0 Å². The van der Waals surface area contributed by atoms with Gasteiger partial charge in [0.05, 0.1) is 0 Å². The molecule has 2 unspecified atom stereocenters. The van der Waals surface area contributed by atoms with E-state index in [9.17, 15) is 4.39 Å². The molecule has 0 radical (unpaired) electrons. The molecule has 1 aromatic heterocycles. The number of nitrogens with one attached hydrogen (secondary N) is 1. The van der Waals surface area contributed by atoms with E-state index >= 15 is 0 Å². The Morgan fingerprint density at radius 3 is 3.17 bits per heavy atom. The molecule has 3 heteroatoms. The molecule has 3 heterocycles. The van der Waals surface area contributed by atoms with Crippen LogP contribution < -0.4 is 0 Å². The summed E-state index contributed by atoms with van der Waals surface area (Å²) < 4.78 is 13.3. The van der Waals surface area contributed by atoms with Gasteiger partial charge < -0.3 is 9.88 Å². The summed E-state index contributed by atoms with van der Waals surface area (Å²) in [6, 6.07) is 5.14. The molecule has 1 N–H and O–H groups in total. The molecular formula is C15H17FN2. The molecule has 2 aromatic rings. The van der Waals surface area contributed by atoms with Crippen LogP contribution in [0.1, 0.15) is 30.0 Å². The third-order valence-electron chi connectivity index (χ3n) is 4.49. The van der Waals surface area contributed by atoms with E-state index in [1.807, 2.05) is 6.07 Å². The Labute approximate surface area is 106 Å². The predicted octanol–water partition coefficient (Wildman–Crippen LogP) is 3.04.